The van der Waals surface area contributed by atoms with Crippen molar-refractivity contribution in [2.24, 2.45) is 0 Å². The van der Waals surface area contributed by atoms with Crippen molar-refractivity contribution in [2.45, 2.75) is 13.5 Å². The molecule has 0 unspecified atom stereocenters. The van der Waals surface area contributed by atoms with Crippen molar-refractivity contribution >= 4 is 12.0 Å². The van der Waals surface area contributed by atoms with Crippen LogP contribution in [0.5, 0.6) is 5.75 Å². The van der Waals surface area contributed by atoms with Gasteiger partial charge in [0.2, 0.25) is 0 Å². The number of rotatable bonds is 5. The van der Waals surface area contributed by atoms with E-state index in [1.165, 1.54) is 12.1 Å². The van der Waals surface area contributed by atoms with Gasteiger partial charge in [0.15, 0.2) is 0 Å². The van der Waals surface area contributed by atoms with Crippen LogP contribution in [0.25, 0.3) is 6.08 Å². The highest BCUT2D eigenvalue weighted by Crippen LogP contribution is 2.20. The number of hydrogen-bond acceptors (Lipinski definition) is 3. The van der Waals surface area contributed by atoms with E-state index >= 15 is 0 Å². The predicted molar refractivity (Wildman–Crippen MR) is 76.3 cm³/mol. The minimum atomic E-state index is -1.17. The van der Waals surface area contributed by atoms with Gasteiger partial charge in [-0.2, -0.15) is 0 Å². The molecule has 3 nitrogen and oxygen atoms in total. The first-order valence-electron chi connectivity index (χ1n) is 6.35. The van der Waals surface area contributed by atoms with E-state index in [0.717, 1.165) is 16.9 Å². The van der Waals surface area contributed by atoms with Gasteiger partial charge in [-0.1, -0.05) is 54.6 Å². The van der Waals surface area contributed by atoms with E-state index < -0.39 is 5.97 Å². The van der Waals surface area contributed by atoms with Gasteiger partial charge in [0, 0.05) is 5.56 Å². The summed E-state index contributed by atoms with van der Waals surface area (Å²) in [6.45, 7) is 2.34. The second kappa shape index (κ2) is 6.57. The molecule has 0 amide bonds. The summed E-state index contributed by atoms with van der Waals surface area (Å²) >= 11 is 0. The maximum atomic E-state index is 10.7. The lowest BCUT2D eigenvalue weighted by Gasteiger charge is -2.10. The first-order valence-corrected chi connectivity index (χ1v) is 6.35. The van der Waals surface area contributed by atoms with Crippen molar-refractivity contribution in [3.05, 3.63) is 71.3 Å². The summed E-state index contributed by atoms with van der Waals surface area (Å²) in [5.41, 5.74) is 2.09. The van der Waals surface area contributed by atoms with Gasteiger partial charge in [-0.05, 0) is 24.1 Å². The number of benzene rings is 2. The number of carboxylic acid groups (broad SMARTS) is 1. The topological polar surface area (TPSA) is 49.4 Å². The molecule has 2 aromatic carbocycles. The Balaban J connectivity index is 2.07. The molecule has 0 aliphatic heterocycles. The molecule has 0 bridgehead atoms. The molecule has 2 aromatic rings. The van der Waals surface area contributed by atoms with Crippen LogP contribution in [0.2, 0.25) is 0 Å². The lowest BCUT2D eigenvalue weighted by atomic mass is 10.1. The van der Waals surface area contributed by atoms with E-state index in [1.807, 2.05) is 43.3 Å². The number of carbonyl (C=O) groups excluding carboxylic acids is 1. The van der Waals surface area contributed by atoms with Crippen molar-refractivity contribution in [1.29, 1.82) is 0 Å². The van der Waals surface area contributed by atoms with Gasteiger partial charge in [-0.15, -0.1) is 0 Å². The molecule has 0 fully saturated rings. The van der Waals surface area contributed by atoms with Crippen molar-refractivity contribution < 1.29 is 14.6 Å². The quantitative estimate of drug-likeness (QED) is 0.836. The summed E-state index contributed by atoms with van der Waals surface area (Å²) in [7, 11) is 0. The van der Waals surface area contributed by atoms with Crippen LogP contribution in [0.3, 0.4) is 0 Å². The first kappa shape index (κ1) is 13.9. The van der Waals surface area contributed by atoms with Gasteiger partial charge in [0.1, 0.15) is 12.4 Å². The number of ether oxygens (including phenoxy) is 1. The fourth-order valence-electron chi connectivity index (χ4n) is 1.83. The van der Waals surface area contributed by atoms with Crippen molar-refractivity contribution in [3.8, 4) is 5.75 Å². The average molecular weight is 267 g/mol. The highest BCUT2D eigenvalue weighted by molar-refractivity contribution is 5.85. The minimum Gasteiger partial charge on any atom is -0.545 e. The van der Waals surface area contributed by atoms with Gasteiger partial charge >= 0.3 is 0 Å². The van der Waals surface area contributed by atoms with Gasteiger partial charge in [-0.25, -0.2) is 0 Å². The second-order valence-corrected chi connectivity index (χ2v) is 4.31. The lowest BCUT2D eigenvalue weighted by Crippen LogP contribution is -2.22. The number of aromatic carboxylic acids is 1. The monoisotopic (exact) mass is 267 g/mol. The van der Waals surface area contributed by atoms with Crippen LogP contribution >= 0.6 is 0 Å². The minimum absolute atomic E-state index is 0.170. The normalized spacial score (nSPS) is 10.7. The molecule has 102 valence electrons. The van der Waals surface area contributed by atoms with Crippen LogP contribution in [0.4, 0.5) is 0 Å². The summed E-state index contributed by atoms with van der Waals surface area (Å²) in [5.74, 6) is -0.370. The Morgan fingerprint density at radius 3 is 2.50 bits per heavy atom. The van der Waals surface area contributed by atoms with Crippen molar-refractivity contribution in [1.82, 2.24) is 0 Å². The number of para-hydroxylation sites is 1. The zero-order chi connectivity index (χ0) is 14.4. The Hall–Kier alpha value is -2.55. The molecular weight excluding hydrogens is 252 g/mol. The maximum absolute atomic E-state index is 10.7. The molecule has 3 heteroatoms. The molecule has 0 aromatic heterocycles. The number of carboxylic acids is 1. The van der Waals surface area contributed by atoms with Crippen LogP contribution in [0.15, 0.2) is 54.6 Å². The summed E-state index contributed by atoms with van der Waals surface area (Å²) in [6.07, 6.45) is 3.94. The molecule has 0 saturated heterocycles. The van der Waals surface area contributed by atoms with Crippen LogP contribution in [-0.4, -0.2) is 5.97 Å². The summed E-state index contributed by atoms with van der Waals surface area (Å²) in [6, 6.07) is 14.3. The van der Waals surface area contributed by atoms with E-state index in [9.17, 15) is 9.90 Å². The third kappa shape index (κ3) is 3.48. The molecule has 20 heavy (non-hydrogen) atoms. The molecule has 0 aliphatic rings. The van der Waals surface area contributed by atoms with Crippen LogP contribution < -0.4 is 9.84 Å². The Bertz CT molecular complexity index is 612. The molecule has 0 radical (unpaired) electrons. The van der Waals surface area contributed by atoms with Crippen LogP contribution in [-0.2, 0) is 6.61 Å². The Labute approximate surface area is 118 Å². The van der Waals surface area contributed by atoms with Crippen molar-refractivity contribution in [3.63, 3.8) is 0 Å². The van der Waals surface area contributed by atoms with Gasteiger partial charge in [0.25, 0.3) is 0 Å². The lowest BCUT2D eigenvalue weighted by molar-refractivity contribution is -0.255. The molecule has 0 atom stereocenters. The van der Waals surface area contributed by atoms with Crippen LogP contribution in [0.1, 0.15) is 28.4 Å². The average Bonchev–Trinajstić information content (AvgIpc) is 2.47. The van der Waals surface area contributed by atoms with E-state index in [0.29, 0.717) is 6.61 Å². The third-order valence-corrected chi connectivity index (χ3v) is 2.85. The second-order valence-electron chi connectivity index (χ2n) is 4.31. The molecule has 0 aliphatic carbocycles. The van der Waals surface area contributed by atoms with Gasteiger partial charge in [-0.3, -0.25) is 0 Å². The van der Waals surface area contributed by atoms with Crippen LogP contribution in [0, 0.1) is 0 Å². The van der Waals surface area contributed by atoms with Gasteiger partial charge < -0.3 is 14.6 Å². The molecule has 0 heterocycles. The first-order chi connectivity index (χ1) is 9.70. The SMILES string of the molecule is C/C=C/c1ccccc1OCc1ccc(C(=O)[O-])cc1. The van der Waals surface area contributed by atoms with Crippen molar-refractivity contribution in [2.75, 3.05) is 0 Å². The smallest absolute Gasteiger partial charge is 0.127 e. The Morgan fingerprint density at radius 2 is 1.85 bits per heavy atom. The fraction of sp³-hybridized carbons (Fsp3) is 0.118. The summed E-state index contributed by atoms with van der Waals surface area (Å²) in [5, 5.41) is 10.7. The molecular formula is C17H15O3-. The zero-order valence-corrected chi connectivity index (χ0v) is 11.2. The highest BCUT2D eigenvalue weighted by atomic mass is 16.5. The zero-order valence-electron chi connectivity index (χ0n) is 11.2. The largest absolute Gasteiger partial charge is 0.545 e. The molecule has 0 saturated carbocycles. The van der Waals surface area contributed by atoms with E-state index in [1.54, 1.807) is 12.1 Å². The van der Waals surface area contributed by atoms with E-state index in [-0.39, 0.29) is 5.56 Å². The van der Waals surface area contributed by atoms with Gasteiger partial charge in [0.05, 0.1) is 5.97 Å². The molecule has 2 rings (SSSR count). The van der Waals surface area contributed by atoms with E-state index in [4.69, 9.17) is 4.74 Å². The summed E-state index contributed by atoms with van der Waals surface area (Å²) < 4.78 is 5.76. The standard InChI is InChI=1S/C17H16O3/c1-2-5-14-6-3-4-7-16(14)20-12-13-8-10-15(11-9-13)17(18)19/h2-11H,12H2,1H3,(H,18,19)/p-1/b5-2+. The third-order valence-electron chi connectivity index (χ3n) is 2.85. The molecule has 0 N–H and O–H groups in total. The number of carbonyl (C=O) groups is 1. The Morgan fingerprint density at radius 1 is 1.15 bits per heavy atom. The number of allylic oxidation sites excluding steroid dienone is 1. The predicted octanol–water partition coefficient (Wildman–Crippen LogP) is 2.66. The van der Waals surface area contributed by atoms with E-state index in [2.05, 4.69) is 0 Å². The fourth-order valence-corrected chi connectivity index (χ4v) is 1.83. The Kier molecular flexibility index (Phi) is 4.56. The summed E-state index contributed by atoms with van der Waals surface area (Å²) in [4.78, 5) is 10.7. The molecule has 0 spiro atoms. The number of hydrogen-bond donors (Lipinski definition) is 0. The maximum Gasteiger partial charge on any atom is 0.127 e. The highest BCUT2D eigenvalue weighted by Gasteiger charge is 2.01.